The Kier molecular flexibility index (Phi) is 4.39. The minimum Gasteiger partial charge on any atom is -0.485 e. The van der Waals surface area contributed by atoms with Gasteiger partial charge in [-0.2, -0.15) is 5.26 Å². The standard InChI is InChI=1S/C16H11Cl2N3O2/c17-11-5-12-15(21-13(7-22)20-12)16(14(11)18)23-8-10-3-1-2-9(4-10)6-19/h1-5,22H,7-8H2,(H,20,21). The van der Waals surface area contributed by atoms with Crippen LogP contribution in [-0.2, 0) is 13.2 Å². The van der Waals surface area contributed by atoms with Crippen molar-refractivity contribution in [1.82, 2.24) is 9.97 Å². The molecule has 0 unspecified atom stereocenters. The summed E-state index contributed by atoms with van der Waals surface area (Å²) < 4.78 is 5.78. The van der Waals surface area contributed by atoms with E-state index in [1.54, 1.807) is 24.3 Å². The summed E-state index contributed by atoms with van der Waals surface area (Å²) in [6.45, 7) is -0.0143. The maximum atomic E-state index is 9.20. The second-order valence-electron chi connectivity index (χ2n) is 4.84. The van der Waals surface area contributed by atoms with Crippen LogP contribution >= 0.6 is 23.2 Å². The zero-order valence-electron chi connectivity index (χ0n) is 11.8. The smallest absolute Gasteiger partial charge is 0.167 e. The van der Waals surface area contributed by atoms with Crippen molar-refractivity contribution in [3.8, 4) is 11.8 Å². The third-order valence-electron chi connectivity index (χ3n) is 3.27. The van der Waals surface area contributed by atoms with Gasteiger partial charge in [0.25, 0.3) is 0 Å². The maximum absolute atomic E-state index is 9.20. The number of fused-ring (bicyclic) bond motifs is 1. The second kappa shape index (κ2) is 6.47. The zero-order valence-corrected chi connectivity index (χ0v) is 13.3. The van der Waals surface area contributed by atoms with Gasteiger partial charge in [-0.3, -0.25) is 0 Å². The molecule has 0 aliphatic heterocycles. The van der Waals surface area contributed by atoms with Gasteiger partial charge < -0.3 is 14.8 Å². The van der Waals surface area contributed by atoms with Gasteiger partial charge in [0, 0.05) is 0 Å². The number of H-pyrrole nitrogens is 1. The Morgan fingerprint density at radius 1 is 1.30 bits per heavy atom. The fourth-order valence-electron chi connectivity index (χ4n) is 2.21. The van der Waals surface area contributed by atoms with E-state index in [9.17, 15) is 5.11 Å². The predicted molar refractivity (Wildman–Crippen MR) is 87.5 cm³/mol. The molecule has 0 atom stereocenters. The number of nitrogens with one attached hydrogen (secondary N) is 1. The number of nitrogens with zero attached hydrogens (tertiary/aromatic N) is 2. The number of hydrogen-bond donors (Lipinski definition) is 2. The summed E-state index contributed by atoms with van der Waals surface area (Å²) in [6.07, 6.45) is 0. The van der Waals surface area contributed by atoms with E-state index in [1.165, 1.54) is 0 Å². The number of benzene rings is 2. The van der Waals surface area contributed by atoms with Crippen LogP contribution < -0.4 is 4.74 Å². The van der Waals surface area contributed by atoms with Crippen molar-refractivity contribution in [1.29, 1.82) is 5.26 Å². The molecule has 0 aliphatic rings. The SMILES string of the molecule is N#Cc1cccc(COc2c(Cl)c(Cl)cc3[nH]c(CO)nc23)c1. The number of halogens is 2. The lowest BCUT2D eigenvalue weighted by Crippen LogP contribution is -1.97. The van der Waals surface area contributed by atoms with Crippen LogP contribution in [0.3, 0.4) is 0 Å². The monoisotopic (exact) mass is 347 g/mol. The van der Waals surface area contributed by atoms with E-state index in [4.69, 9.17) is 33.2 Å². The zero-order chi connectivity index (χ0) is 16.4. The average molecular weight is 348 g/mol. The van der Waals surface area contributed by atoms with Crippen molar-refractivity contribution in [2.24, 2.45) is 0 Å². The highest BCUT2D eigenvalue weighted by Gasteiger charge is 2.16. The highest BCUT2D eigenvalue weighted by atomic mass is 35.5. The summed E-state index contributed by atoms with van der Waals surface area (Å²) in [5, 5.41) is 18.7. The number of aliphatic hydroxyl groups excluding tert-OH is 1. The third kappa shape index (κ3) is 3.10. The molecule has 5 nitrogen and oxygen atoms in total. The molecular formula is C16H11Cl2N3O2. The minimum atomic E-state index is -0.229. The molecule has 1 aromatic heterocycles. The average Bonchev–Trinajstić information content (AvgIpc) is 2.98. The molecule has 23 heavy (non-hydrogen) atoms. The van der Waals surface area contributed by atoms with Gasteiger partial charge in [-0.1, -0.05) is 35.3 Å². The summed E-state index contributed by atoms with van der Waals surface area (Å²) >= 11 is 12.3. The highest BCUT2D eigenvalue weighted by molar-refractivity contribution is 6.44. The molecule has 0 fully saturated rings. The molecule has 7 heteroatoms. The molecule has 2 N–H and O–H groups in total. The first kappa shape index (κ1) is 15.6. The fourth-order valence-corrected chi connectivity index (χ4v) is 2.60. The fraction of sp³-hybridized carbons (Fsp3) is 0.125. The van der Waals surface area contributed by atoms with Crippen molar-refractivity contribution >= 4 is 34.2 Å². The summed E-state index contributed by atoms with van der Waals surface area (Å²) in [5.41, 5.74) is 2.51. The number of imidazole rings is 1. The topological polar surface area (TPSA) is 81.9 Å². The van der Waals surface area contributed by atoms with E-state index in [2.05, 4.69) is 16.0 Å². The number of rotatable bonds is 4. The molecule has 0 radical (unpaired) electrons. The van der Waals surface area contributed by atoms with E-state index < -0.39 is 0 Å². The molecule has 0 spiro atoms. The highest BCUT2D eigenvalue weighted by Crippen LogP contribution is 2.38. The van der Waals surface area contributed by atoms with Gasteiger partial charge in [0.2, 0.25) is 0 Å². The molecule has 1 heterocycles. The molecule has 116 valence electrons. The summed E-state index contributed by atoms with van der Waals surface area (Å²) in [6, 6.07) is 10.8. The van der Waals surface area contributed by atoms with Gasteiger partial charge in [0.15, 0.2) is 5.75 Å². The lowest BCUT2D eigenvalue weighted by atomic mass is 10.1. The molecule has 0 saturated heterocycles. The van der Waals surface area contributed by atoms with Crippen LogP contribution in [0.4, 0.5) is 0 Å². The first-order chi connectivity index (χ1) is 11.1. The number of aliphatic hydroxyl groups is 1. The lowest BCUT2D eigenvalue weighted by Gasteiger charge is -2.10. The Bertz CT molecular complexity index is 916. The first-order valence-electron chi connectivity index (χ1n) is 6.71. The summed E-state index contributed by atoms with van der Waals surface area (Å²) in [7, 11) is 0. The van der Waals surface area contributed by atoms with Crippen molar-refractivity contribution in [3.63, 3.8) is 0 Å². The summed E-state index contributed by atoms with van der Waals surface area (Å²) in [4.78, 5) is 7.20. The van der Waals surface area contributed by atoms with Crippen molar-refractivity contribution in [3.05, 3.63) is 57.3 Å². The van der Waals surface area contributed by atoms with Crippen molar-refractivity contribution in [2.45, 2.75) is 13.2 Å². The van der Waals surface area contributed by atoms with Crippen LogP contribution in [0.2, 0.25) is 10.0 Å². The third-order valence-corrected chi connectivity index (χ3v) is 4.04. The van der Waals surface area contributed by atoms with Gasteiger partial charge >= 0.3 is 0 Å². The van der Waals surface area contributed by atoms with Crippen LogP contribution in [0.1, 0.15) is 17.0 Å². The normalized spacial score (nSPS) is 10.7. The van der Waals surface area contributed by atoms with Crippen molar-refractivity contribution < 1.29 is 9.84 Å². The van der Waals surface area contributed by atoms with E-state index in [1.807, 2.05) is 6.07 Å². The van der Waals surface area contributed by atoms with Crippen LogP contribution in [0, 0.1) is 11.3 Å². The Morgan fingerprint density at radius 2 is 2.13 bits per heavy atom. The number of nitriles is 1. The van der Waals surface area contributed by atoms with Crippen LogP contribution in [0.5, 0.6) is 5.75 Å². The molecule has 0 amide bonds. The molecule has 0 bridgehead atoms. The Labute approximate surface area is 142 Å². The van der Waals surface area contributed by atoms with Gasteiger partial charge in [-0.25, -0.2) is 4.98 Å². The number of hydrogen-bond acceptors (Lipinski definition) is 4. The minimum absolute atomic E-state index is 0.214. The molecule has 0 saturated carbocycles. The van der Waals surface area contributed by atoms with E-state index in [0.29, 0.717) is 33.2 Å². The van der Waals surface area contributed by atoms with Crippen LogP contribution in [0.15, 0.2) is 30.3 Å². The lowest BCUT2D eigenvalue weighted by molar-refractivity contribution is 0.273. The number of aromatic amines is 1. The number of aromatic nitrogens is 2. The van der Waals surface area contributed by atoms with Crippen LogP contribution in [-0.4, -0.2) is 15.1 Å². The number of ether oxygens (including phenoxy) is 1. The quantitative estimate of drug-likeness (QED) is 0.751. The van der Waals surface area contributed by atoms with Crippen LogP contribution in [0.25, 0.3) is 11.0 Å². The Balaban J connectivity index is 1.96. The van der Waals surface area contributed by atoms with Crippen molar-refractivity contribution in [2.75, 3.05) is 0 Å². The molecule has 3 rings (SSSR count). The van der Waals surface area contributed by atoms with Gasteiger partial charge in [-0.05, 0) is 23.8 Å². The Morgan fingerprint density at radius 3 is 2.87 bits per heavy atom. The molecule has 3 aromatic rings. The second-order valence-corrected chi connectivity index (χ2v) is 5.63. The Hall–Kier alpha value is -2.26. The maximum Gasteiger partial charge on any atom is 0.167 e. The predicted octanol–water partition coefficient (Wildman–Crippen LogP) is 3.81. The van der Waals surface area contributed by atoms with E-state index >= 15 is 0 Å². The molecular weight excluding hydrogens is 337 g/mol. The molecule has 2 aromatic carbocycles. The first-order valence-corrected chi connectivity index (χ1v) is 7.47. The van der Waals surface area contributed by atoms with E-state index in [0.717, 1.165) is 5.56 Å². The molecule has 0 aliphatic carbocycles. The summed E-state index contributed by atoms with van der Waals surface area (Å²) in [5.74, 6) is 0.738. The van der Waals surface area contributed by atoms with E-state index in [-0.39, 0.29) is 18.2 Å². The van der Waals surface area contributed by atoms with Gasteiger partial charge in [0.1, 0.15) is 29.6 Å². The van der Waals surface area contributed by atoms with Gasteiger partial charge in [-0.15, -0.1) is 0 Å². The largest absolute Gasteiger partial charge is 0.485 e. The van der Waals surface area contributed by atoms with Gasteiger partial charge in [0.05, 0.1) is 22.2 Å².